The second kappa shape index (κ2) is 6.75. The second-order valence-electron chi connectivity index (χ2n) is 9.15. The van der Waals surface area contributed by atoms with E-state index in [4.69, 9.17) is 0 Å². The Morgan fingerprint density at radius 1 is 1.17 bits per heavy atom. The Labute approximate surface area is 170 Å². The number of carbonyl (C=O) groups excluding carboxylic acids is 2. The first-order chi connectivity index (χ1) is 14.0. The summed E-state index contributed by atoms with van der Waals surface area (Å²) < 4.78 is 0. The van der Waals surface area contributed by atoms with Crippen LogP contribution in [0.15, 0.2) is 30.3 Å². The van der Waals surface area contributed by atoms with E-state index in [1.807, 2.05) is 23.1 Å². The summed E-state index contributed by atoms with van der Waals surface area (Å²) in [6, 6.07) is 10.1. The molecule has 0 radical (unpaired) electrons. The third-order valence-corrected chi connectivity index (χ3v) is 7.45. The Morgan fingerprint density at radius 3 is 2.69 bits per heavy atom. The smallest absolute Gasteiger partial charge is 0.317 e. The molecule has 3 unspecified atom stereocenters. The molecule has 0 aromatic heterocycles. The van der Waals surface area contributed by atoms with Gasteiger partial charge in [0.05, 0.1) is 11.5 Å². The molecule has 5 rings (SSSR count). The van der Waals surface area contributed by atoms with E-state index in [1.165, 1.54) is 5.56 Å². The average molecular weight is 397 g/mol. The van der Waals surface area contributed by atoms with Gasteiger partial charge >= 0.3 is 12.0 Å². The van der Waals surface area contributed by atoms with Gasteiger partial charge in [-0.3, -0.25) is 9.59 Å². The molecule has 7 heteroatoms. The van der Waals surface area contributed by atoms with Crippen LogP contribution in [0.4, 0.5) is 4.79 Å². The SMILES string of the molecule is O=C(NC1CC(=O)N(C2CC2c2ccccc2)C1)N1C[C@@H]2CCC[C@@]2(C(=O)O)C1. The van der Waals surface area contributed by atoms with Gasteiger partial charge in [-0.25, -0.2) is 4.79 Å². The minimum absolute atomic E-state index is 0.0468. The zero-order valence-electron chi connectivity index (χ0n) is 16.4. The van der Waals surface area contributed by atoms with E-state index in [0.29, 0.717) is 31.8 Å². The molecule has 7 nitrogen and oxygen atoms in total. The van der Waals surface area contributed by atoms with E-state index in [2.05, 4.69) is 17.4 Å². The van der Waals surface area contributed by atoms with Gasteiger partial charge in [0.15, 0.2) is 0 Å². The number of hydrogen-bond acceptors (Lipinski definition) is 3. The van der Waals surface area contributed by atoms with Gasteiger partial charge in [0, 0.05) is 38.0 Å². The van der Waals surface area contributed by atoms with Crippen molar-refractivity contribution in [3.05, 3.63) is 35.9 Å². The lowest BCUT2D eigenvalue weighted by molar-refractivity contribution is -0.149. The quantitative estimate of drug-likeness (QED) is 0.814. The lowest BCUT2D eigenvalue weighted by atomic mass is 9.81. The highest BCUT2D eigenvalue weighted by Crippen LogP contribution is 2.49. The van der Waals surface area contributed by atoms with Crippen LogP contribution in [0.3, 0.4) is 0 Å². The third kappa shape index (κ3) is 3.07. The van der Waals surface area contributed by atoms with Gasteiger partial charge in [0.25, 0.3) is 0 Å². The first-order valence-electron chi connectivity index (χ1n) is 10.6. The summed E-state index contributed by atoms with van der Waals surface area (Å²) in [5.74, 6) is -0.245. The first-order valence-corrected chi connectivity index (χ1v) is 10.6. The molecular weight excluding hydrogens is 370 g/mol. The molecule has 2 N–H and O–H groups in total. The van der Waals surface area contributed by atoms with Crippen LogP contribution in [0.1, 0.15) is 43.6 Å². The van der Waals surface area contributed by atoms with Crippen molar-refractivity contribution in [1.82, 2.24) is 15.1 Å². The Bertz CT molecular complexity index is 844. The largest absolute Gasteiger partial charge is 0.481 e. The first kappa shape index (κ1) is 18.5. The Hall–Kier alpha value is -2.57. The molecule has 1 aromatic rings. The summed E-state index contributed by atoms with van der Waals surface area (Å²) in [6.45, 7) is 1.32. The van der Waals surface area contributed by atoms with Crippen molar-refractivity contribution in [3.8, 4) is 0 Å². The van der Waals surface area contributed by atoms with Crippen LogP contribution in [0.5, 0.6) is 0 Å². The normalized spacial score (nSPS) is 35.7. The molecule has 2 heterocycles. The summed E-state index contributed by atoms with van der Waals surface area (Å²) in [6.07, 6.45) is 3.74. The number of aliphatic carboxylic acids is 1. The molecule has 2 saturated heterocycles. The Balaban J connectivity index is 1.18. The number of amides is 3. The predicted octanol–water partition coefficient (Wildman–Crippen LogP) is 2.04. The molecule has 29 heavy (non-hydrogen) atoms. The summed E-state index contributed by atoms with van der Waals surface area (Å²) >= 11 is 0. The molecule has 3 amide bonds. The van der Waals surface area contributed by atoms with Crippen LogP contribution in [0, 0.1) is 11.3 Å². The maximum atomic E-state index is 12.8. The zero-order valence-corrected chi connectivity index (χ0v) is 16.4. The van der Waals surface area contributed by atoms with Crippen molar-refractivity contribution >= 4 is 17.9 Å². The van der Waals surface area contributed by atoms with E-state index in [0.717, 1.165) is 19.3 Å². The molecule has 0 bridgehead atoms. The van der Waals surface area contributed by atoms with Gasteiger partial charge in [0.2, 0.25) is 5.91 Å². The number of carbonyl (C=O) groups is 3. The summed E-state index contributed by atoms with van der Waals surface area (Å²) in [4.78, 5) is 40.7. The van der Waals surface area contributed by atoms with E-state index >= 15 is 0 Å². The Morgan fingerprint density at radius 2 is 1.97 bits per heavy atom. The number of rotatable bonds is 4. The van der Waals surface area contributed by atoms with Crippen LogP contribution < -0.4 is 5.32 Å². The highest BCUT2D eigenvalue weighted by atomic mass is 16.4. The van der Waals surface area contributed by atoms with Crippen molar-refractivity contribution < 1.29 is 19.5 Å². The molecular formula is C22H27N3O4. The maximum Gasteiger partial charge on any atom is 0.317 e. The third-order valence-electron chi connectivity index (χ3n) is 7.45. The molecule has 5 atom stereocenters. The summed E-state index contributed by atoms with van der Waals surface area (Å²) in [5, 5.41) is 12.7. The summed E-state index contributed by atoms with van der Waals surface area (Å²) in [5.41, 5.74) is 0.492. The van der Waals surface area contributed by atoms with Crippen LogP contribution in [-0.4, -0.2) is 64.5 Å². The lowest BCUT2D eigenvalue weighted by Gasteiger charge is -2.24. The van der Waals surface area contributed by atoms with Crippen molar-refractivity contribution in [2.45, 2.75) is 50.1 Å². The Kier molecular flexibility index (Phi) is 4.29. The molecule has 0 spiro atoms. The molecule has 4 fully saturated rings. The van der Waals surface area contributed by atoms with E-state index in [1.54, 1.807) is 4.90 Å². The fourth-order valence-electron chi connectivity index (χ4n) is 5.79. The number of likely N-dealkylation sites (tertiary alicyclic amines) is 2. The fourth-order valence-corrected chi connectivity index (χ4v) is 5.79. The predicted molar refractivity (Wildman–Crippen MR) is 105 cm³/mol. The number of hydrogen-bond donors (Lipinski definition) is 2. The average Bonchev–Trinajstić information content (AvgIpc) is 3.02. The maximum absolute atomic E-state index is 12.8. The standard InChI is InChI=1S/C22H27N3O4/c26-19-9-16(12-25(19)18-10-17(18)14-5-2-1-3-6-14)23-21(29)24-11-15-7-4-8-22(15,13-24)20(27)28/h1-3,5-6,15-18H,4,7-13H2,(H,23,29)(H,27,28)/t15-,16?,17?,18?,22+/m0/s1. The van der Waals surface area contributed by atoms with Gasteiger partial charge in [-0.05, 0) is 30.7 Å². The van der Waals surface area contributed by atoms with E-state index in [-0.39, 0.29) is 36.5 Å². The second-order valence-corrected chi connectivity index (χ2v) is 9.15. The molecule has 2 saturated carbocycles. The minimum atomic E-state index is -0.779. The minimum Gasteiger partial charge on any atom is -0.481 e. The zero-order chi connectivity index (χ0) is 20.2. The highest BCUT2D eigenvalue weighted by Gasteiger charge is 2.56. The highest BCUT2D eigenvalue weighted by molar-refractivity contribution is 5.83. The van der Waals surface area contributed by atoms with E-state index in [9.17, 15) is 19.5 Å². The molecule has 4 aliphatic rings. The van der Waals surface area contributed by atoms with Crippen molar-refractivity contribution in [2.75, 3.05) is 19.6 Å². The number of carboxylic acids is 1. The van der Waals surface area contributed by atoms with Crippen molar-refractivity contribution in [2.24, 2.45) is 11.3 Å². The number of urea groups is 1. The van der Waals surface area contributed by atoms with Gasteiger partial charge in [0.1, 0.15) is 0 Å². The van der Waals surface area contributed by atoms with Crippen LogP contribution in [-0.2, 0) is 9.59 Å². The number of carboxylic acid groups (broad SMARTS) is 1. The number of fused-ring (bicyclic) bond motifs is 1. The van der Waals surface area contributed by atoms with Gasteiger partial charge in [-0.1, -0.05) is 36.8 Å². The number of benzene rings is 1. The molecule has 154 valence electrons. The number of nitrogens with zero attached hydrogens (tertiary/aromatic N) is 2. The van der Waals surface area contributed by atoms with Gasteiger partial charge < -0.3 is 20.2 Å². The van der Waals surface area contributed by atoms with E-state index < -0.39 is 11.4 Å². The van der Waals surface area contributed by atoms with Crippen LogP contribution in [0.25, 0.3) is 0 Å². The lowest BCUT2D eigenvalue weighted by Crippen LogP contribution is -2.46. The number of nitrogens with one attached hydrogen (secondary N) is 1. The topological polar surface area (TPSA) is 90.0 Å². The van der Waals surface area contributed by atoms with Gasteiger partial charge in [-0.2, -0.15) is 0 Å². The van der Waals surface area contributed by atoms with Crippen LogP contribution in [0.2, 0.25) is 0 Å². The van der Waals surface area contributed by atoms with Crippen molar-refractivity contribution in [3.63, 3.8) is 0 Å². The monoisotopic (exact) mass is 397 g/mol. The van der Waals surface area contributed by atoms with Crippen molar-refractivity contribution in [1.29, 1.82) is 0 Å². The fraction of sp³-hybridized carbons (Fsp3) is 0.591. The molecule has 2 aliphatic carbocycles. The van der Waals surface area contributed by atoms with Gasteiger partial charge in [-0.15, -0.1) is 0 Å². The molecule has 1 aromatic carbocycles. The summed E-state index contributed by atoms with van der Waals surface area (Å²) in [7, 11) is 0. The van der Waals surface area contributed by atoms with Crippen LogP contribution >= 0.6 is 0 Å². The molecule has 2 aliphatic heterocycles.